The van der Waals surface area contributed by atoms with Gasteiger partial charge in [0.05, 0.1) is 0 Å². The zero-order valence-electron chi connectivity index (χ0n) is 11.5. The van der Waals surface area contributed by atoms with E-state index in [9.17, 15) is 14.4 Å². The summed E-state index contributed by atoms with van der Waals surface area (Å²) in [5.41, 5.74) is 0. The fraction of sp³-hybridized carbons (Fsp3) is 0.769. The van der Waals surface area contributed by atoms with Gasteiger partial charge in [0, 0.05) is 13.1 Å². The molecule has 1 saturated carbocycles. The van der Waals surface area contributed by atoms with E-state index in [0.29, 0.717) is 5.92 Å². The van der Waals surface area contributed by atoms with Crippen LogP contribution < -0.4 is 5.32 Å². The summed E-state index contributed by atoms with van der Waals surface area (Å²) >= 11 is 0. The van der Waals surface area contributed by atoms with E-state index in [1.165, 1.54) is 11.3 Å². The molecule has 19 heavy (non-hydrogen) atoms. The lowest BCUT2D eigenvalue weighted by molar-refractivity contribution is -0.131. The number of urea groups is 1. The lowest BCUT2D eigenvalue weighted by Gasteiger charge is -2.29. The number of amides is 4. The minimum absolute atomic E-state index is 0.0615. The fourth-order valence-corrected chi connectivity index (χ4v) is 2.75. The Morgan fingerprint density at radius 3 is 2.58 bits per heavy atom. The smallest absolute Gasteiger partial charge is 0.327 e. The average molecular weight is 267 g/mol. The molecule has 0 aromatic heterocycles. The third-order valence-electron chi connectivity index (χ3n) is 3.99. The molecule has 1 saturated heterocycles. The first kappa shape index (κ1) is 13.8. The van der Waals surface area contributed by atoms with Gasteiger partial charge in [-0.1, -0.05) is 19.8 Å². The third kappa shape index (κ3) is 3.05. The molecule has 6 heteroatoms. The van der Waals surface area contributed by atoms with Crippen molar-refractivity contribution < 1.29 is 14.4 Å². The molecule has 0 spiro atoms. The van der Waals surface area contributed by atoms with Crippen molar-refractivity contribution in [1.82, 2.24) is 15.1 Å². The van der Waals surface area contributed by atoms with Crippen LogP contribution >= 0.6 is 0 Å². The van der Waals surface area contributed by atoms with Gasteiger partial charge in [0.25, 0.3) is 5.91 Å². The fourth-order valence-electron chi connectivity index (χ4n) is 2.75. The number of carbonyl (C=O) groups excluding carboxylic acids is 3. The van der Waals surface area contributed by atoms with Crippen molar-refractivity contribution in [3.63, 3.8) is 0 Å². The van der Waals surface area contributed by atoms with Crippen molar-refractivity contribution in [3.05, 3.63) is 0 Å². The Hall–Kier alpha value is -1.59. The maximum atomic E-state index is 11.9. The molecule has 2 atom stereocenters. The molecule has 1 heterocycles. The molecule has 1 aliphatic heterocycles. The second-order valence-corrected chi connectivity index (χ2v) is 5.55. The van der Waals surface area contributed by atoms with Crippen molar-refractivity contribution in [1.29, 1.82) is 0 Å². The molecule has 0 aromatic rings. The number of hydrogen-bond acceptors (Lipinski definition) is 3. The number of rotatable bonds is 3. The van der Waals surface area contributed by atoms with Crippen molar-refractivity contribution in [2.75, 3.05) is 20.1 Å². The summed E-state index contributed by atoms with van der Waals surface area (Å²) in [4.78, 5) is 37.5. The Labute approximate surface area is 113 Å². The van der Waals surface area contributed by atoms with Crippen molar-refractivity contribution in [2.45, 2.75) is 38.6 Å². The first-order valence-electron chi connectivity index (χ1n) is 6.84. The second kappa shape index (κ2) is 5.59. The maximum absolute atomic E-state index is 11.9. The van der Waals surface area contributed by atoms with E-state index < -0.39 is 6.03 Å². The van der Waals surface area contributed by atoms with E-state index in [0.717, 1.165) is 24.2 Å². The SMILES string of the molecule is C[C@H]1CCCC[C@@H]1NC(=O)CN1C(=O)CN(C)C1=O. The van der Waals surface area contributed by atoms with Crippen molar-refractivity contribution in [3.8, 4) is 0 Å². The standard InChI is InChI=1S/C13H21N3O3/c1-9-5-3-4-6-10(9)14-11(17)7-16-12(18)8-15(2)13(16)19/h9-10H,3-8H2,1-2H3,(H,14,17)/t9-,10-/m0/s1. The highest BCUT2D eigenvalue weighted by molar-refractivity contribution is 6.04. The van der Waals surface area contributed by atoms with Crippen LogP contribution in [0.2, 0.25) is 0 Å². The van der Waals surface area contributed by atoms with Crippen LogP contribution in [0, 0.1) is 5.92 Å². The summed E-state index contributed by atoms with van der Waals surface area (Å²) in [7, 11) is 1.56. The largest absolute Gasteiger partial charge is 0.352 e. The summed E-state index contributed by atoms with van der Waals surface area (Å²) in [5, 5.41) is 2.95. The van der Waals surface area contributed by atoms with Crippen LogP contribution in [0.25, 0.3) is 0 Å². The molecule has 4 amide bonds. The molecule has 1 N–H and O–H groups in total. The third-order valence-corrected chi connectivity index (χ3v) is 3.99. The van der Waals surface area contributed by atoms with E-state index in [4.69, 9.17) is 0 Å². The van der Waals surface area contributed by atoms with Gasteiger partial charge in [-0.15, -0.1) is 0 Å². The number of likely N-dealkylation sites (N-methyl/N-ethyl adjacent to an activating group) is 1. The van der Waals surface area contributed by atoms with E-state index >= 15 is 0 Å². The molecule has 0 bridgehead atoms. The van der Waals surface area contributed by atoms with Crippen molar-refractivity contribution in [2.24, 2.45) is 5.92 Å². The zero-order valence-corrected chi connectivity index (χ0v) is 11.5. The monoisotopic (exact) mass is 267 g/mol. The zero-order chi connectivity index (χ0) is 14.0. The number of imide groups is 1. The summed E-state index contributed by atoms with van der Waals surface area (Å²) in [6, 6.07) is -0.219. The Balaban J connectivity index is 1.87. The average Bonchev–Trinajstić information content (AvgIpc) is 2.59. The van der Waals surface area contributed by atoms with E-state index in [1.54, 1.807) is 7.05 Å². The topological polar surface area (TPSA) is 69.7 Å². The summed E-state index contributed by atoms with van der Waals surface area (Å²) in [6.45, 7) is 2.03. The summed E-state index contributed by atoms with van der Waals surface area (Å²) in [6.07, 6.45) is 4.44. The first-order valence-corrected chi connectivity index (χ1v) is 6.84. The van der Waals surface area contributed by atoms with Crippen LogP contribution in [-0.2, 0) is 9.59 Å². The Bertz CT molecular complexity index is 397. The quantitative estimate of drug-likeness (QED) is 0.760. The molecular weight excluding hydrogens is 246 g/mol. The second-order valence-electron chi connectivity index (χ2n) is 5.55. The van der Waals surface area contributed by atoms with Crippen LogP contribution in [0.15, 0.2) is 0 Å². The number of carbonyl (C=O) groups is 3. The van der Waals surface area contributed by atoms with Crippen LogP contribution in [0.3, 0.4) is 0 Å². The van der Waals surface area contributed by atoms with Gasteiger partial charge in [0.15, 0.2) is 0 Å². The Kier molecular flexibility index (Phi) is 4.07. The van der Waals surface area contributed by atoms with Gasteiger partial charge in [-0.3, -0.25) is 14.5 Å². The van der Waals surface area contributed by atoms with Crippen LogP contribution in [0.1, 0.15) is 32.6 Å². The summed E-state index contributed by atoms with van der Waals surface area (Å²) in [5.74, 6) is -0.0829. The Morgan fingerprint density at radius 1 is 1.32 bits per heavy atom. The number of hydrogen-bond donors (Lipinski definition) is 1. The molecule has 106 valence electrons. The van der Waals surface area contributed by atoms with Gasteiger partial charge >= 0.3 is 6.03 Å². The van der Waals surface area contributed by atoms with Gasteiger partial charge in [0.1, 0.15) is 13.1 Å². The highest BCUT2D eigenvalue weighted by Crippen LogP contribution is 2.23. The molecule has 1 aliphatic carbocycles. The maximum Gasteiger partial charge on any atom is 0.327 e. The molecule has 0 unspecified atom stereocenters. The molecule has 0 radical (unpaired) electrons. The van der Waals surface area contributed by atoms with Crippen LogP contribution in [-0.4, -0.2) is 53.8 Å². The highest BCUT2D eigenvalue weighted by Gasteiger charge is 2.35. The van der Waals surface area contributed by atoms with E-state index in [2.05, 4.69) is 12.2 Å². The highest BCUT2D eigenvalue weighted by atomic mass is 16.2. The predicted octanol–water partition coefficient (Wildman–Crippen LogP) is 0.575. The number of nitrogens with one attached hydrogen (secondary N) is 1. The van der Waals surface area contributed by atoms with Crippen molar-refractivity contribution >= 4 is 17.8 Å². The molecule has 6 nitrogen and oxygen atoms in total. The normalized spacial score (nSPS) is 27.9. The summed E-state index contributed by atoms with van der Waals surface area (Å²) < 4.78 is 0. The molecule has 0 aromatic carbocycles. The van der Waals surface area contributed by atoms with E-state index in [-0.39, 0.29) is 30.9 Å². The van der Waals surface area contributed by atoms with Gasteiger partial charge in [0.2, 0.25) is 5.91 Å². The molecular formula is C13H21N3O3. The Morgan fingerprint density at radius 2 is 2.00 bits per heavy atom. The first-order chi connectivity index (χ1) is 8.99. The van der Waals surface area contributed by atoms with Crippen LogP contribution in [0.5, 0.6) is 0 Å². The lowest BCUT2D eigenvalue weighted by Crippen LogP contribution is -2.47. The molecule has 2 aliphatic rings. The van der Waals surface area contributed by atoms with Gasteiger partial charge in [-0.25, -0.2) is 4.79 Å². The van der Waals surface area contributed by atoms with Gasteiger partial charge < -0.3 is 10.2 Å². The minimum atomic E-state index is -0.392. The lowest BCUT2D eigenvalue weighted by atomic mass is 9.86. The van der Waals surface area contributed by atoms with Gasteiger partial charge in [-0.05, 0) is 18.8 Å². The molecule has 2 rings (SSSR count). The van der Waals surface area contributed by atoms with Crippen LogP contribution in [0.4, 0.5) is 4.79 Å². The van der Waals surface area contributed by atoms with E-state index in [1.807, 2.05) is 0 Å². The number of nitrogens with zero attached hydrogens (tertiary/aromatic N) is 2. The minimum Gasteiger partial charge on any atom is -0.352 e. The predicted molar refractivity (Wildman–Crippen MR) is 69.3 cm³/mol. The molecule has 2 fully saturated rings. The van der Waals surface area contributed by atoms with Gasteiger partial charge in [-0.2, -0.15) is 0 Å².